The molecule has 0 saturated carbocycles. The Hall–Kier alpha value is -1.69. The fraction of sp³-hybridized carbons (Fsp3) is 0.545. The van der Waals surface area contributed by atoms with Crippen LogP contribution < -0.4 is 10.2 Å². The number of aliphatic hydroxyl groups excluding tert-OH is 1. The maximum absolute atomic E-state index is 11.1. The van der Waals surface area contributed by atoms with Gasteiger partial charge in [-0.05, 0) is 6.07 Å². The fourth-order valence-corrected chi connectivity index (χ4v) is 2.10. The molecule has 6 heteroatoms. The molecule has 1 amide bonds. The Morgan fingerprint density at radius 1 is 1.53 bits per heavy atom. The molecule has 0 bridgehead atoms. The first kappa shape index (κ1) is 11.8. The quantitative estimate of drug-likeness (QED) is 0.733. The summed E-state index contributed by atoms with van der Waals surface area (Å²) in [6, 6.07) is 1.72. The normalized spacial score (nSPS) is 23.8. The predicted octanol–water partition coefficient (Wildman–Crippen LogP) is -0.590. The molecule has 0 radical (unpaired) electrons. The van der Waals surface area contributed by atoms with E-state index in [2.05, 4.69) is 15.3 Å². The molecule has 1 fully saturated rings. The molecule has 2 N–H and O–H groups in total. The molecule has 0 aromatic carbocycles. The fourth-order valence-electron chi connectivity index (χ4n) is 2.10. The highest BCUT2D eigenvalue weighted by Gasteiger charge is 2.33. The van der Waals surface area contributed by atoms with Crippen LogP contribution in [-0.4, -0.2) is 46.7 Å². The molecule has 1 aliphatic rings. The molecule has 1 aromatic heterocycles. The van der Waals surface area contributed by atoms with Crippen molar-refractivity contribution in [2.45, 2.75) is 13.0 Å². The van der Waals surface area contributed by atoms with Crippen molar-refractivity contribution in [2.24, 2.45) is 5.92 Å². The standard InChI is InChI=1S/C11H16N4O2/c1-8(17)14-10-6-15(5-9(10)7-16)11-12-3-2-4-13-11/h2-4,9-10,16H,5-7H2,1H3,(H,14,17)/t9-,10+/m0/s1. The summed E-state index contributed by atoms with van der Waals surface area (Å²) in [5, 5.41) is 12.1. The molecule has 1 saturated heterocycles. The van der Waals surface area contributed by atoms with Crippen molar-refractivity contribution in [1.82, 2.24) is 15.3 Å². The van der Waals surface area contributed by atoms with Crippen molar-refractivity contribution < 1.29 is 9.90 Å². The van der Waals surface area contributed by atoms with Crippen molar-refractivity contribution in [1.29, 1.82) is 0 Å². The number of aromatic nitrogens is 2. The molecular weight excluding hydrogens is 220 g/mol. The number of nitrogens with one attached hydrogen (secondary N) is 1. The van der Waals surface area contributed by atoms with Crippen LogP contribution in [0.4, 0.5) is 5.95 Å². The number of rotatable bonds is 3. The largest absolute Gasteiger partial charge is 0.396 e. The highest BCUT2D eigenvalue weighted by molar-refractivity contribution is 5.73. The van der Waals surface area contributed by atoms with Gasteiger partial charge >= 0.3 is 0 Å². The second-order valence-electron chi connectivity index (χ2n) is 4.20. The van der Waals surface area contributed by atoms with E-state index in [1.165, 1.54) is 6.92 Å². The first-order valence-corrected chi connectivity index (χ1v) is 5.60. The Bertz CT molecular complexity index is 384. The summed E-state index contributed by atoms with van der Waals surface area (Å²) < 4.78 is 0. The lowest BCUT2D eigenvalue weighted by molar-refractivity contribution is -0.119. The van der Waals surface area contributed by atoms with Crippen LogP contribution >= 0.6 is 0 Å². The van der Waals surface area contributed by atoms with Crippen LogP contribution in [0.2, 0.25) is 0 Å². The number of aliphatic hydroxyl groups is 1. The summed E-state index contributed by atoms with van der Waals surface area (Å²) >= 11 is 0. The van der Waals surface area contributed by atoms with E-state index in [4.69, 9.17) is 0 Å². The molecule has 0 unspecified atom stereocenters. The summed E-state index contributed by atoms with van der Waals surface area (Å²) in [5.74, 6) is 0.589. The van der Waals surface area contributed by atoms with E-state index < -0.39 is 0 Å². The Labute approximate surface area is 99.7 Å². The van der Waals surface area contributed by atoms with Crippen molar-refractivity contribution in [2.75, 3.05) is 24.6 Å². The number of carbonyl (C=O) groups excluding carboxylic acids is 1. The van der Waals surface area contributed by atoms with Crippen LogP contribution in [0.15, 0.2) is 18.5 Å². The molecule has 6 nitrogen and oxygen atoms in total. The lowest BCUT2D eigenvalue weighted by Gasteiger charge is -2.16. The van der Waals surface area contributed by atoms with Gasteiger partial charge in [0.05, 0.1) is 6.04 Å². The zero-order valence-corrected chi connectivity index (χ0v) is 9.71. The minimum absolute atomic E-state index is 0.0303. The maximum Gasteiger partial charge on any atom is 0.225 e. The predicted molar refractivity (Wildman–Crippen MR) is 62.4 cm³/mol. The molecule has 1 aliphatic heterocycles. The van der Waals surface area contributed by atoms with Gasteiger partial charge in [-0.25, -0.2) is 9.97 Å². The van der Waals surface area contributed by atoms with E-state index in [9.17, 15) is 9.90 Å². The molecule has 0 spiro atoms. The first-order valence-electron chi connectivity index (χ1n) is 5.60. The summed E-state index contributed by atoms with van der Waals surface area (Å²) in [7, 11) is 0. The minimum atomic E-state index is -0.0794. The molecule has 17 heavy (non-hydrogen) atoms. The van der Waals surface area contributed by atoms with Gasteiger partial charge in [0.15, 0.2) is 0 Å². The van der Waals surface area contributed by atoms with Crippen LogP contribution in [0, 0.1) is 5.92 Å². The van der Waals surface area contributed by atoms with Gasteiger partial charge in [0.1, 0.15) is 0 Å². The molecular formula is C11H16N4O2. The van der Waals surface area contributed by atoms with E-state index in [-0.39, 0.29) is 24.5 Å². The van der Waals surface area contributed by atoms with Gasteiger partial charge in [-0.15, -0.1) is 0 Å². The summed E-state index contributed by atoms with van der Waals surface area (Å²) in [6.07, 6.45) is 3.37. The number of nitrogens with zero attached hydrogens (tertiary/aromatic N) is 3. The van der Waals surface area contributed by atoms with Gasteiger partial charge in [-0.3, -0.25) is 4.79 Å². The summed E-state index contributed by atoms with van der Waals surface area (Å²) in [6.45, 7) is 2.82. The number of hydrogen-bond acceptors (Lipinski definition) is 5. The highest BCUT2D eigenvalue weighted by Crippen LogP contribution is 2.20. The van der Waals surface area contributed by atoms with Crippen molar-refractivity contribution in [3.63, 3.8) is 0 Å². The van der Waals surface area contributed by atoms with Gasteiger partial charge in [-0.1, -0.05) is 0 Å². The minimum Gasteiger partial charge on any atom is -0.396 e. The van der Waals surface area contributed by atoms with Crippen LogP contribution in [0.1, 0.15) is 6.92 Å². The van der Waals surface area contributed by atoms with Crippen LogP contribution in [-0.2, 0) is 4.79 Å². The van der Waals surface area contributed by atoms with Gasteiger partial charge in [0.2, 0.25) is 11.9 Å². The zero-order chi connectivity index (χ0) is 12.3. The second kappa shape index (κ2) is 5.09. The zero-order valence-electron chi connectivity index (χ0n) is 9.71. The molecule has 2 atom stereocenters. The van der Waals surface area contributed by atoms with Gasteiger partial charge in [-0.2, -0.15) is 0 Å². The molecule has 0 aliphatic carbocycles. The van der Waals surface area contributed by atoms with Crippen LogP contribution in [0.25, 0.3) is 0 Å². The smallest absolute Gasteiger partial charge is 0.225 e. The number of carbonyl (C=O) groups is 1. The average Bonchev–Trinajstić information content (AvgIpc) is 2.72. The topological polar surface area (TPSA) is 78.4 Å². The van der Waals surface area contributed by atoms with E-state index in [0.717, 1.165) is 0 Å². The van der Waals surface area contributed by atoms with Crippen molar-refractivity contribution in [3.8, 4) is 0 Å². The van der Waals surface area contributed by atoms with Crippen molar-refractivity contribution >= 4 is 11.9 Å². The lowest BCUT2D eigenvalue weighted by Crippen LogP contribution is -2.40. The van der Waals surface area contributed by atoms with Crippen LogP contribution in [0.3, 0.4) is 0 Å². The maximum atomic E-state index is 11.1. The second-order valence-corrected chi connectivity index (χ2v) is 4.20. The Morgan fingerprint density at radius 2 is 2.24 bits per heavy atom. The van der Waals surface area contributed by atoms with Gasteiger partial charge in [0.25, 0.3) is 0 Å². The SMILES string of the molecule is CC(=O)N[C@@H]1CN(c2ncccn2)C[C@H]1CO. The lowest BCUT2D eigenvalue weighted by atomic mass is 10.1. The number of anilines is 1. The Balaban J connectivity index is 2.07. The molecule has 1 aromatic rings. The van der Waals surface area contributed by atoms with E-state index in [1.807, 2.05) is 4.90 Å². The van der Waals surface area contributed by atoms with Crippen LogP contribution in [0.5, 0.6) is 0 Å². The number of hydrogen-bond donors (Lipinski definition) is 2. The first-order chi connectivity index (χ1) is 8.20. The average molecular weight is 236 g/mol. The number of amides is 1. The summed E-state index contributed by atoms with van der Waals surface area (Å²) in [5.41, 5.74) is 0. The van der Waals surface area contributed by atoms with E-state index in [0.29, 0.717) is 19.0 Å². The Morgan fingerprint density at radius 3 is 2.82 bits per heavy atom. The Kier molecular flexibility index (Phi) is 3.53. The molecule has 2 rings (SSSR count). The van der Waals surface area contributed by atoms with Gasteiger partial charge < -0.3 is 15.3 Å². The monoisotopic (exact) mass is 236 g/mol. The van der Waals surface area contributed by atoms with Gasteiger partial charge in [0, 0.05) is 44.9 Å². The highest BCUT2D eigenvalue weighted by atomic mass is 16.3. The molecule has 92 valence electrons. The third-order valence-electron chi connectivity index (χ3n) is 2.90. The summed E-state index contributed by atoms with van der Waals surface area (Å²) in [4.78, 5) is 21.4. The third-order valence-corrected chi connectivity index (χ3v) is 2.90. The third kappa shape index (κ3) is 2.71. The van der Waals surface area contributed by atoms with Crippen molar-refractivity contribution in [3.05, 3.63) is 18.5 Å². The van der Waals surface area contributed by atoms with E-state index >= 15 is 0 Å². The molecule has 2 heterocycles. The van der Waals surface area contributed by atoms with E-state index in [1.54, 1.807) is 18.5 Å².